The highest BCUT2D eigenvalue weighted by atomic mass is 32.2. The van der Waals surface area contributed by atoms with Crippen LogP contribution in [0.4, 0.5) is 5.69 Å². The Morgan fingerprint density at radius 3 is 2.53 bits per heavy atom. The highest BCUT2D eigenvalue weighted by Gasteiger charge is 2.12. The first-order valence-corrected chi connectivity index (χ1v) is 7.82. The second-order valence-electron chi connectivity index (χ2n) is 4.53. The van der Waals surface area contributed by atoms with E-state index in [1.807, 2.05) is 0 Å². The van der Waals surface area contributed by atoms with Crippen molar-refractivity contribution in [3.05, 3.63) is 23.8 Å². The second-order valence-corrected chi connectivity index (χ2v) is 6.06. The molecule has 0 fully saturated rings. The van der Waals surface area contributed by atoms with Gasteiger partial charge in [-0.05, 0) is 37.1 Å². The summed E-state index contributed by atoms with van der Waals surface area (Å²) in [5.74, 6) is -0.0591. The maximum atomic E-state index is 11.6. The minimum atomic E-state index is -3.71. The lowest BCUT2D eigenvalue weighted by atomic mass is 10.2. The predicted octanol–water partition coefficient (Wildman–Crippen LogP) is 2.16. The summed E-state index contributed by atoms with van der Waals surface area (Å²) in [6, 6.07) is 4.56. The van der Waals surface area contributed by atoms with Crippen LogP contribution in [-0.2, 0) is 14.8 Å². The number of carbonyl (C=O) groups is 1. The van der Waals surface area contributed by atoms with Crippen molar-refractivity contribution in [2.75, 3.05) is 5.32 Å². The van der Waals surface area contributed by atoms with Gasteiger partial charge >= 0.3 is 0 Å². The Morgan fingerprint density at radius 1 is 1.32 bits per heavy atom. The third-order valence-corrected chi connectivity index (χ3v) is 3.84. The highest BCUT2D eigenvalue weighted by molar-refractivity contribution is 7.89. The van der Waals surface area contributed by atoms with Crippen LogP contribution in [0.5, 0.6) is 0 Å². The van der Waals surface area contributed by atoms with Gasteiger partial charge in [-0.2, -0.15) is 0 Å². The minimum Gasteiger partial charge on any atom is -0.326 e. The number of carbonyl (C=O) groups excluding carboxylic acids is 1. The largest absolute Gasteiger partial charge is 0.326 e. The fourth-order valence-electron chi connectivity index (χ4n) is 1.81. The number of hydrogen-bond acceptors (Lipinski definition) is 3. The Bertz CT molecular complexity index is 553. The molecule has 1 amide bonds. The Kier molecular flexibility index (Phi) is 5.50. The summed E-state index contributed by atoms with van der Waals surface area (Å²) in [5.41, 5.74) is 1.11. The molecule has 0 aliphatic rings. The first-order valence-electron chi connectivity index (χ1n) is 6.28. The molecule has 0 heterocycles. The van der Waals surface area contributed by atoms with E-state index in [2.05, 4.69) is 12.2 Å². The molecule has 0 aliphatic heterocycles. The van der Waals surface area contributed by atoms with Gasteiger partial charge in [0.25, 0.3) is 0 Å². The first-order chi connectivity index (χ1) is 8.84. The zero-order valence-electron chi connectivity index (χ0n) is 11.3. The van der Waals surface area contributed by atoms with Crippen LogP contribution in [0.15, 0.2) is 23.1 Å². The Morgan fingerprint density at radius 2 is 2.00 bits per heavy atom. The van der Waals surface area contributed by atoms with Crippen molar-refractivity contribution >= 4 is 21.6 Å². The van der Waals surface area contributed by atoms with E-state index in [4.69, 9.17) is 5.14 Å². The van der Waals surface area contributed by atoms with Crippen molar-refractivity contribution in [1.29, 1.82) is 0 Å². The van der Waals surface area contributed by atoms with Crippen molar-refractivity contribution in [2.45, 2.75) is 44.4 Å². The molecule has 106 valence electrons. The molecule has 0 aromatic heterocycles. The second kappa shape index (κ2) is 6.68. The van der Waals surface area contributed by atoms with Crippen molar-refractivity contribution < 1.29 is 13.2 Å². The smallest absolute Gasteiger partial charge is 0.238 e. The van der Waals surface area contributed by atoms with Crippen LogP contribution in [0.3, 0.4) is 0 Å². The Hall–Kier alpha value is -1.40. The van der Waals surface area contributed by atoms with Crippen LogP contribution in [0.1, 0.15) is 38.2 Å². The van der Waals surface area contributed by atoms with Gasteiger partial charge in [0.1, 0.15) is 0 Å². The summed E-state index contributed by atoms with van der Waals surface area (Å²) in [5, 5.41) is 7.82. The van der Waals surface area contributed by atoms with Crippen LogP contribution in [-0.4, -0.2) is 14.3 Å². The average Bonchev–Trinajstić information content (AvgIpc) is 2.27. The number of aryl methyl sites for hydroxylation is 1. The van der Waals surface area contributed by atoms with Crippen LogP contribution in [0, 0.1) is 6.92 Å². The molecule has 1 rings (SSSR count). The number of amides is 1. The fourth-order valence-corrected chi connectivity index (χ4v) is 2.57. The zero-order chi connectivity index (χ0) is 14.5. The summed E-state index contributed by atoms with van der Waals surface area (Å²) >= 11 is 0. The highest BCUT2D eigenvalue weighted by Crippen LogP contribution is 2.18. The lowest BCUT2D eigenvalue weighted by Gasteiger charge is -2.08. The molecule has 3 N–H and O–H groups in total. The molecule has 19 heavy (non-hydrogen) atoms. The van der Waals surface area contributed by atoms with Gasteiger partial charge in [0.2, 0.25) is 15.9 Å². The van der Waals surface area contributed by atoms with Crippen molar-refractivity contribution in [1.82, 2.24) is 0 Å². The molecule has 0 unspecified atom stereocenters. The topological polar surface area (TPSA) is 89.3 Å². The van der Waals surface area contributed by atoms with Crippen LogP contribution < -0.4 is 10.5 Å². The summed E-state index contributed by atoms with van der Waals surface area (Å²) in [7, 11) is -3.71. The molecular weight excluding hydrogens is 264 g/mol. The predicted molar refractivity (Wildman–Crippen MR) is 75.3 cm³/mol. The van der Waals surface area contributed by atoms with E-state index in [-0.39, 0.29) is 10.8 Å². The minimum absolute atomic E-state index is 0.0591. The zero-order valence-corrected chi connectivity index (χ0v) is 12.1. The maximum Gasteiger partial charge on any atom is 0.238 e. The number of nitrogens with one attached hydrogen (secondary N) is 1. The molecule has 0 atom stereocenters. The molecule has 6 heteroatoms. The molecular formula is C13H20N2O3S. The van der Waals surface area contributed by atoms with Gasteiger partial charge in [-0.1, -0.05) is 19.8 Å². The Balaban J connectivity index is 2.72. The van der Waals surface area contributed by atoms with Gasteiger partial charge in [0, 0.05) is 12.1 Å². The third kappa shape index (κ3) is 5.00. The number of primary sulfonamides is 1. The number of anilines is 1. The van der Waals surface area contributed by atoms with E-state index in [0.29, 0.717) is 17.7 Å². The van der Waals surface area contributed by atoms with Crippen molar-refractivity contribution in [2.24, 2.45) is 5.14 Å². The van der Waals surface area contributed by atoms with E-state index in [0.717, 1.165) is 19.3 Å². The number of hydrogen-bond donors (Lipinski definition) is 2. The number of nitrogens with two attached hydrogens (primary N) is 1. The molecule has 0 radical (unpaired) electrons. The van der Waals surface area contributed by atoms with Gasteiger partial charge in [-0.25, -0.2) is 13.6 Å². The van der Waals surface area contributed by atoms with Gasteiger partial charge in [0.05, 0.1) is 4.90 Å². The molecule has 0 saturated carbocycles. The SMILES string of the molecule is CCCCCC(=O)Nc1ccc(S(N)(=O)=O)c(C)c1. The normalized spacial score (nSPS) is 11.3. The van der Waals surface area contributed by atoms with E-state index in [1.54, 1.807) is 19.1 Å². The summed E-state index contributed by atoms with van der Waals surface area (Å²) in [4.78, 5) is 11.7. The maximum absolute atomic E-state index is 11.6. The number of rotatable bonds is 6. The van der Waals surface area contributed by atoms with E-state index < -0.39 is 10.0 Å². The molecule has 0 aliphatic carbocycles. The molecule has 1 aromatic rings. The van der Waals surface area contributed by atoms with E-state index in [1.165, 1.54) is 6.07 Å². The summed E-state index contributed by atoms with van der Waals surface area (Å²) in [6.07, 6.45) is 3.42. The van der Waals surface area contributed by atoms with E-state index in [9.17, 15) is 13.2 Å². The van der Waals surface area contributed by atoms with Crippen molar-refractivity contribution in [3.8, 4) is 0 Å². The lowest BCUT2D eigenvalue weighted by molar-refractivity contribution is -0.116. The van der Waals surface area contributed by atoms with Crippen LogP contribution in [0.25, 0.3) is 0 Å². The fraction of sp³-hybridized carbons (Fsp3) is 0.462. The van der Waals surface area contributed by atoms with Gasteiger partial charge in [0.15, 0.2) is 0 Å². The van der Waals surface area contributed by atoms with Crippen LogP contribution in [0.2, 0.25) is 0 Å². The molecule has 0 bridgehead atoms. The molecule has 0 spiro atoms. The van der Waals surface area contributed by atoms with Crippen molar-refractivity contribution in [3.63, 3.8) is 0 Å². The van der Waals surface area contributed by atoms with Gasteiger partial charge in [-0.15, -0.1) is 0 Å². The van der Waals surface area contributed by atoms with E-state index >= 15 is 0 Å². The quantitative estimate of drug-likeness (QED) is 0.784. The van der Waals surface area contributed by atoms with Crippen LogP contribution >= 0.6 is 0 Å². The standard InChI is InChI=1S/C13H20N2O3S/c1-3-4-5-6-13(16)15-11-7-8-12(10(2)9-11)19(14,17)18/h7-9H,3-6H2,1-2H3,(H,15,16)(H2,14,17,18). The lowest BCUT2D eigenvalue weighted by Crippen LogP contribution is -2.15. The molecule has 5 nitrogen and oxygen atoms in total. The Labute approximate surface area is 114 Å². The average molecular weight is 284 g/mol. The summed E-state index contributed by atoms with van der Waals surface area (Å²) < 4.78 is 22.5. The monoisotopic (exact) mass is 284 g/mol. The molecule has 0 saturated heterocycles. The number of sulfonamides is 1. The first kappa shape index (κ1) is 15.7. The van der Waals surface area contributed by atoms with Gasteiger partial charge in [-0.3, -0.25) is 4.79 Å². The molecule has 1 aromatic carbocycles. The van der Waals surface area contributed by atoms with Gasteiger partial charge < -0.3 is 5.32 Å². The number of benzene rings is 1. The summed E-state index contributed by atoms with van der Waals surface area (Å²) in [6.45, 7) is 3.72. The number of unbranched alkanes of at least 4 members (excludes halogenated alkanes) is 2. The third-order valence-electron chi connectivity index (χ3n) is 2.77.